The number of amides is 1. The second-order valence-corrected chi connectivity index (χ2v) is 5.26. The number of aromatic nitrogens is 2. The monoisotopic (exact) mass is 228 g/mol. The number of aryl methyl sites for hydroxylation is 1. The molecule has 0 saturated heterocycles. The van der Waals surface area contributed by atoms with E-state index in [2.05, 4.69) is 10.2 Å². The second kappa shape index (κ2) is 4.24. The van der Waals surface area contributed by atoms with Gasteiger partial charge in [0.15, 0.2) is 0 Å². The Kier molecular flexibility index (Phi) is 3.41. The van der Waals surface area contributed by atoms with Crippen LogP contribution in [0.15, 0.2) is 0 Å². The first kappa shape index (κ1) is 12.1. The molecule has 0 fully saturated rings. The molecular weight excluding hydrogens is 212 g/mol. The van der Waals surface area contributed by atoms with Crippen LogP contribution >= 0.6 is 11.3 Å². The van der Waals surface area contributed by atoms with Crippen LogP contribution < -0.4 is 5.73 Å². The summed E-state index contributed by atoms with van der Waals surface area (Å²) in [5.41, 5.74) is 4.65. The van der Waals surface area contributed by atoms with Crippen molar-refractivity contribution in [2.75, 3.05) is 7.05 Å². The minimum absolute atomic E-state index is 0.341. The number of hydrogen-bond donors (Lipinski definition) is 1. The van der Waals surface area contributed by atoms with Crippen LogP contribution in [0.5, 0.6) is 0 Å². The van der Waals surface area contributed by atoms with Gasteiger partial charge in [-0.3, -0.25) is 9.69 Å². The average Bonchev–Trinajstić information content (AvgIpc) is 2.50. The Hall–Kier alpha value is -1.01. The third-order valence-corrected chi connectivity index (χ3v) is 3.32. The van der Waals surface area contributed by atoms with Crippen molar-refractivity contribution in [2.45, 2.75) is 32.9 Å². The van der Waals surface area contributed by atoms with Crippen LogP contribution in [0, 0.1) is 6.92 Å². The lowest BCUT2D eigenvalue weighted by atomic mass is 10.0. The molecule has 0 unspecified atom stereocenters. The predicted molar refractivity (Wildman–Crippen MR) is 59.4 cm³/mol. The first-order valence-corrected chi connectivity index (χ1v) is 5.46. The maximum Gasteiger partial charge on any atom is 0.237 e. The SMILES string of the molecule is Cc1nnc(CN(C)C(C)(C)C(N)=O)s1. The summed E-state index contributed by atoms with van der Waals surface area (Å²) in [5.74, 6) is -0.341. The van der Waals surface area contributed by atoms with E-state index in [-0.39, 0.29) is 5.91 Å². The molecule has 2 N–H and O–H groups in total. The van der Waals surface area contributed by atoms with Crippen LogP contribution in [-0.4, -0.2) is 33.6 Å². The number of carbonyl (C=O) groups excluding carboxylic acids is 1. The predicted octanol–water partition coefficient (Wildman–Crippen LogP) is 0.542. The van der Waals surface area contributed by atoms with Gasteiger partial charge >= 0.3 is 0 Å². The van der Waals surface area contributed by atoms with Gasteiger partial charge in [-0.05, 0) is 27.8 Å². The lowest BCUT2D eigenvalue weighted by Gasteiger charge is -2.31. The van der Waals surface area contributed by atoms with Crippen LogP contribution in [0.25, 0.3) is 0 Å². The number of rotatable bonds is 4. The summed E-state index contributed by atoms with van der Waals surface area (Å²) >= 11 is 1.53. The van der Waals surface area contributed by atoms with Crippen molar-refractivity contribution in [1.29, 1.82) is 0 Å². The summed E-state index contributed by atoms with van der Waals surface area (Å²) in [6.07, 6.45) is 0. The lowest BCUT2D eigenvalue weighted by molar-refractivity contribution is -0.127. The number of primary amides is 1. The molecule has 0 saturated carbocycles. The van der Waals surface area contributed by atoms with Crippen LogP contribution in [0.3, 0.4) is 0 Å². The molecule has 0 atom stereocenters. The molecule has 1 heterocycles. The highest BCUT2D eigenvalue weighted by Crippen LogP contribution is 2.17. The third kappa shape index (κ3) is 2.73. The van der Waals surface area contributed by atoms with Gasteiger partial charge in [0.05, 0.1) is 12.1 Å². The van der Waals surface area contributed by atoms with E-state index in [0.29, 0.717) is 6.54 Å². The number of carbonyl (C=O) groups is 1. The van der Waals surface area contributed by atoms with E-state index >= 15 is 0 Å². The molecule has 15 heavy (non-hydrogen) atoms. The van der Waals surface area contributed by atoms with Gasteiger partial charge in [-0.15, -0.1) is 21.5 Å². The molecule has 0 aliphatic heterocycles. The Balaban J connectivity index is 2.71. The topological polar surface area (TPSA) is 72.1 Å². The molecule has 0 bridgehead atoms. The zero-order valence-electron chi connectivity index (χ0n) is 9.44. The fraction of sp³-hybridized carbons (Fsp3) is 0.667. The molecule has 84 valence electrons. The molecule has 1 amide bonds. The van der Waals surface area contributed by atoms with E-state index in [4.69, 9.17) is 5.73 Å². The molecule has 5 nitrogen and oxygen atoms in total. The summed E-state index contributed by atoms with van der Waals surface area (Å²) in [5, 5.41) is 9.74. The first-order chi connectivity index (χ1) is 6.84. The molecule has 6 heteroatoms. The van der Waals surface area contributed by atoms with Crippen molar-refractivity contribution >= 4 is 17.2 Å². The summed E-state index contributed by atoms with van der Waals surface area (Å²) in [6, 6.07) is 0. The highest BCUT2D eigenvalue weighted by molar-refractivity contribution is 7.11. The first-order valence-electron chi connectivity index (χ1n) is 4.64. The van der Waals surface area contributed by atoms with E-state index in [0.717, 1.165) is 10.0 Å². The fourth-order valence-electron chi connectivity index (χ4n) is 0.990. The zero-order valence-corrected chi connectivity index (χ0v) is 10.3. The smallest absolute Gasteiger partial charge is 0.237 e. The number of hydrogen-bond acceptors (Lipinski definition) is 5. The minimum Gasteiger partial charge on any atom is -0.368 e. The van der Waals surface area contributed by atoms with Gasteiger partial charge in [-0.2, -0.15) is 0 Å². The highest BCUT2D eigenvalue weighted by Gasteiger charge is 2.30. The van der Waals surface area contributed by atoms with Crippen LogP contribution in [0.1, 0.15) is 23.9 Å². The molecule has 1 aromatic rings. The Morgan fingerprint density at radius 1 is 1.53 bits per heavy atom. The van der Waals surface area contributed by atoms with Gasteiger partial charge in [0.25, 0.3) is 0 Å². The Bertz CT molecular complexity index is 361. The molecule has 1 rings (SSSR count). The van der Waals surface area contributed by atoms with Gasteiger partial charge in [-0.25, -0.2) is 0 Å². The van der Waals surface area contributed by atoms with E-state index < -0.39 is 5.54 Å². The van der Waals surface area contributed by atoms with Crippen LogP contribution in [0.2, 0.25) is 0 Å². The third-order valence-electron chi connectivity index (χ3n) is 2.50. The number of nitrogens with zero attached hydrogens (tertiary/aromatic N) is 3. The second-order valence-electron chi connectivity index (χ2n) is 3.99. The fourth-order valence-corrected chi connectivity index (χ4v) is 1.75. The van der Waals surface area contributed by atoms with E-state index in [1.54, 1.807) is 13.8 Å². The van der Waals surface area contributed by atoms with Crippen molar-refractivity contribution in [3.05, 3.63) is 10.0 Å². The van der Waals surface area contributed by atoms with Crippen molar-refractivity contribution in [3.8, 4) is 0 Å². The average molecular weight is 228 g/mol. The molecule has 0 spiro atoms. The molecule has 1 aromatic heterocycles. The molecule has 0 aliphatic carbocycles. The molecule has 0 aliphatic rings. The van der Waals surface area contributed by atoms with Crippen molar-refractivity contribution < 1.29 is 4.79 Å². The van der Waals surface area contributed by atoms with Gasteiger partial charge < -0.3 is 5.73 Å². The largest absolute Gasteiger partial charge is 0.368 e. The van der Waals surface area contributed by atoms with Gasteiger partial charge in [0.1, 0.15) is 10.0 Å². The maximum absolute atomic E-state index is 11.2. The summed E-state index contributed by atoms with van der Waals surface area (Å²) < 4.78 is 0. The molecule has 0 radical (unpaired) electrons. The number of likely N-dealkylation sites (N-methyl/N-ethyl adjacent to an activating group) is 1. The minimum atomic E-state index is -0.667. The normalized spacial score (nSPS) is 12.1. The van der Waals surface area contributed by atoms with Gasteiger partial charge in [0.2, 0.25) is 5.91 Å². The van der Waals surface area contributed by atoms with E-state index in [9.17, 15) is 4.79 Å². The molecule has 0 aromatic carbocycles. The number of nitrogens with two attached hydrogens (primary N) is 1. The van der Waals surface area contributed by atoms with Crippen LogP contribution in [-0.2, 0) is 11.3 Å². The summed E-state index contributed by atoms with van der Waals surface area (Å²) in [7, 11) is 1.85. The van der Waals surface area contributed by atoms with E-state index in [1.807, 2.05) is 18.9 Å². The highest BCUT2D eigenvalue weighted by atomic mass is 32.1. The maximum atomic E-state index is 11.2. The van der Waals surface area contributed by atoms with Crippen molar-refractivity contribution in [1.82, 2.24) is 15.1 Å². The standard InChI is InChI=1S/C9H16N4OS/c1-6-11-12-7(15-6)5-13(4)9(2,3)8(10)14/h5H2,1-4H3,(H2,10,14). The Morgan fingerprint density at radius 2 is 2.13 bits per heavy atom. The molecular formula is C9H16N4OS. The quantitative estimate of drug-likeness (QED) is 0.816. The Labute approximate surface area is 93.3 Å². The van der Waals surface area contributed by atoms with E-state index in [1.165, 1.54) is 11.3 Å². The van der Waals surface area contributed by atoms with Gasteiger partial charge in [0, 0.05) is 0 Å². The summed E-state index contributed by atoms with van der Waals surface area (Å²) in [6.45, 7) is 6.08. The Morgan fingerprint density at radius 3 is 2.53 bits per heavy atom. The van der Waals surface area contributed by atoms with Crippen molar-refractivity contribution in [3.63, 3.8) is 0 Å². The van der Waals surface area contributed by atoms with Crippen LogP contribution in [0.4, 0.5) is 0 Å². The van der Waals surface area contributed by atoms with Crippen molar-refractivity contribution in [2.24, 2.45) is 5.73 Å². The van der Waals surface area contributed by atoms with Gasteiger partial charge in [-0.1, -0.05) is 0 Å². The lowest BCUT2D eigenvalue weighted by Crippen LogP contribution is -2.51. The zero-order chi connectivity index (χ0) is 11.6. The summed E-state index contributed by atoms with van der Waals surface area (Å²) in [4.78, 5) is 13.1.